The largest absolute Gasteiger partial charge is 0.416 e. The highest BCUT2D eigenvalue weighted by molar-refractivity contribution is 7.26. The molecule has 0 N–H and O–H groups in total. The molecule has 10 rings (SSSR count). The number of hydrogen-bond donors (Lipinski definition) is 0. The Morgan fingerprint density at radius 1 is 0.414 bits per heavy atom. The minimum atomic E-state index is -4.72. The Bertz CT molecular complexity index is 3080. The summed E-state index contributed by atoms with van der Waals surface area (Å²) in [6.45, 7) is 0. The number of nitrogens with zero attached hydrogens (tertiary/aromatic N) is 4. The van der Waals surface area contributed by atoms with Crippen molar-refractivity contribution in [1.82, 2.24) is 19.5 Å². The van der Waals surface area contributed by atoms with Gasteiger partial charge in [0, 0.05) is 47.6 Å². The summed E-state index contributed by atoms with van der Waals surface area (Å²) in [7, 11) is 0. The Kier molecular flexibility index (Phi) is 8.20. The molecule has 11 heteroatoms. The zero-order valence-electron chi connectivity index (χ0n) is 30.0. The predicted molar refractivity (Wildman–Crippen MR) is 219 cm³/mol. The number of rotatable bonds is 5. The van der Waals surface area contributed by atoms with E-state index in [1.165, 1.54) is 16.7 Å². The van der Waals surface area contributed by atoms with Crippen LogP contribution in [0.2, 0.25) is 0 Å². The summed E-state index contributed by atoms with van der Waals surface area (Å²) in [5.41, 5.74) is 1.97. The number of halogens is 6. The van der Waals surface area contributed by atoms with Crippen LogP contribution >= 0.6 is 11.3 Å². The standard InChI is InChI=1S/C47H26F6N4S/c48-46(49,50)30-19-21-33-34-22-20-31(47(51,52)53)26-40(34)57(39(33)25-30)38-23-18-29(32-15-9-16-36-35-14-7-8-17-41(35)58-42(32)36)24-37(38)45-55-43(27-10-3-1-4-11-27)54-44(56-45)28-12-5-2-6-13-28/h1-26H. The molecule has 0 aliphatic carbocycles. The Hall–Kier alpha value is -6.85. The molecule has 0 saturated heterocycles. The fourth-order valence-corrected chi connectivity index (χ4v) is 8.85. The minimum absolute atomic E-state index is 0.0744. The lowest BCUT2D eigenvalue weighted by molar-refractivity contribution is -0.138. The van der Waals surface area contributed by atoms with Crippen LogP contribution < -0.4 is 0 Å². The summed E-state index contributed by atoms with van der Waals surface area (Å²) in [5.74, 6) is 0.865. The van der Waals surface area contributed by atoms with Crippen molar-refractivity contribution in [3.05, 3.63) is 169 Å². The van der Waals surface area contributed by atoms with E-state index < -0.39 is 23.5 Å². The zero-order valence-corrected chi connectivity index (χ0v) is 30.8. The molecule has 0 atom stereocenters. The zero-order chi connectivity index (χ0) is 39.8. The van der Waals surface area contributed by atoms with Gasteiger partial charge in [0.1, 0.15) is 0 Å². The van der Waals surface area contributed by atoms with Gasteiger partial charge >= 0.3 is 12.4 Å². The normalized spacial score (nSPS) is 12.3. The lowest BCUT2D eigenvalue weighted by atomic mass is 9.99. The van der Waals surface area contributed by atoms with Gasteiger partial charge in [-0.3, -0.25) is 0 Å². The quantitative estimate of drug-likeness (QED) is 0.163. The van der Waals surface area contributed by atoms with E-state index in [4.69, 9.17) is 15.0 Å². The first-order chi connectivity index (χ1) is 28.0. The first kappa shape index (κ1) is 35.6. The molecule has 0 amide bonds. The molecule has 0 radical (unpaired) electrons. The Morgan fingerprint density at radius 3 is 1.53 bits per heavy atom. The van der Waals surface area contributed by atoms with Gasteiger partial charge in [-0.15, -0.1) is 11.3 Å². The Balaban J connectivity index is 1.33. The van der Waals surface area contributed by atoms with Crippen molar-refractivity contribution in [3.8, 4) is 51.0 Å². The van der Waals surface area contributed by atoms with Crippen LogP contribution in [0.5, 0.6) is 0 Å². The molecule has 282 valence electrons. The summed E-state index contributed by atoms with van der Waals surface area (Å²) < 4.78 is 89.6. The van der Waals surface area contributed by atoms with Crippen LogP contribution in [0.15, 0.2) is 158 Å². The second kappa shape index (κ2) is 13.4. The maximum absolute atomic E-state index is 14.3. The van der Waals surface area contributed by atoms with E-state index in [2.05, 4.69) is 18.2 Å². The molecule has 0 aliphatic heterocycles. The van der Waals surface area contributed by atoms with Crippen molar-refractivity contribution in [1.29, 1.82) is 0 Å². The van der Waals surface area contributed by atoms with Crippen molar-refractivity contribution >= 4 is 53.3 Å². The van der Waals surface area contributed by atoms with Gasteiger partial charge in [0.25, 0.3) is 0 Å². The third-order valence-corrected chi connectivity index (χ3v) is 11.5. The average Bonchev–Trinajstić information content (AvgIpc) is 3.78. The van der Waals surface area contributed by atoms with Crippen molar-refractivity contribution < 1.29 is 26.3 Å². The fourth-order valence-electron chi connectivity index (χ4n) is 7.61. The lowest BCUT2D eigenvalue weighted by Crippen LogP contribution is -2.07. The van der Waals surface area contributed by atoms with E-state index in [9.17, 15) is 26.3 Å². The van der Waals surface area contributed by atoms with Crippen molar-refractivity contribution in [2.75, 3.05) is 0 Å². The molecule has 0 saturated carbocycles. The number of hydrogen-bond acceptors (Lipinski definition) is 4. The van der Waals surface area contributed by atoms with E-state index in [0.29, 0.717) is 39.1 Å². The fraction of sp³-hybridized carbons (Fsp3) is 0.0426. The highest BCUT2D eigenvalue weighted by Gasteiger charge is 2.34. The van der Waals surface area contributed by atoms with Gasteiger partial charge in [-0.05, 0) is 53.6 Å². The maximum atomic E-state index is 14.3. The SMILES string of the molecule is FC(F)(F)c1ccc2c3ccc(C(F)(F)F)cc3n(-c3ccc(-c4cccc5c4sc4ccccc45)cc3-c3nc(-c4ccccc4)nc(-c4ccccc4)n3)c2c1. The summed E-state index contributed by atoms with van der Waals surface area (Å²) in [6.07, 6.45) is -9.43. The topological polar surface area (TPSA) is 43.6 Å². The van der Waals surface area contributed by atoms with Crippen LogP contribution in [0.1, 0.15) is 11.1 Å². The molecular formula is C47H26F6N4S. The monoisotopic (exact) mass is 792 g/mol. The molecule has 0 unspecified atom stereocenters. The van der Waals surface area contributed by atoms with Crippen molar-refractivity contribution in [3.63, 3.8) is 0 Å². The van der Waals surface area contributed by atoms with Gasteiger partial charge in [0.2, 0.25) is 0 Å². The van der Waals surface area contributed by atoms with Gasteiger partial charge in [-0.1, -0.05) is 115 Å². The minimum Gasteiger partial charge on any atom is -0.308 e. The second-order valence-electron chi connectivity index (χ2n) is 13.8. The number of benzene rings is 7. The van der Waals surface area contributed by atoms with Crippen LogP contribution in [0.3, 0.4) is 0 Å². The summed E-state index contributed by atoms with van der Waals surface area (Å²) >= 11 is 1.64. The summed E-state index contributed by atoms with van der Waals surface area (Å²) in [5, 5.41) is 2.87. The third-order valence-electron chi connectivity index (χ3n) is 10.3. The number of alkyl halides is 6. The molecule has 0 fully saturated rings. The molecule has 3 aromatic heterocycles. The van der Waals surface area contributed by atoms with Crippen LogP contribution in [0, 0.1) is 0 Å². The number of thiophene rings is 1. The summed E-state index contributed by atoms with van der Waals surface area (Å²) in [6, 6.07) is 44.6. The molecule has 58 heavy (non-hydrogen) atoms. The van der Waals surface area contributed by atoms with Crippen LogP contribution in [0.4, 0.5) is 26.3 Å². The second-order valence-corrected chi connectivity index (χ2v) is 14.9. The Labute approximate surface area is 330 Å². The van der Waals surface area contributed by atoms with E-state index in [1.807, 2.05) is 97.1 Å². The van der Waals surface area contributed by atoms with Gasteiger partial charge in [0.05, 0.1) is 27.8 Å². The van der Waals surface area contributed by atoms with Crippen molar-refractivity contribution in [2.24, 2.45) is 0 Å². The van der Waals surface area contributed by atoms with E-state index in [1.54, 1.807) is 17.4 Å². The van der Waals surface area contributed by atoms with E-state index in [0.717, 1.165) is 55.6 Å². The highest BCUT2D eigenvalue weighted by atomic mass is 32.1. The van der Waals surface area contributed by atoms with Crippen LogP contribution in [-0.4, -0.2) is 19.5 Å². The van der Waals surface area contributed by atoms with E-state index >= 15 is 0 Å². The number of fused-ring (bicyclic) bond motifs is 6. The Morgan fingerprint density at radius 2 is 0.948 bits per heavy atom. The van der Waals surface area contributed by atoms with Gasteiger partial charge in [-0.2, -0.15) is 26.3 Å². The maximum Gasteiger partial charge on any atom is 0.416 e. The number of aromatic nitrogens is 4. The summed E-state index contributed by atoms with van der Waals surface area (Å²) in [4.78, 5) is 14.8. The van der Waals surface area contributed by atoms with E-state index in [-0.39, 0.29) is 22.5 Å². The first-order valence-corrected chi connectivity index (χ1v) is 19.0. The molecule has 0 spiro atoms. The predicted octanol–water partition coefficient (Wildman–Crippen LogP) is 14.0. The molecular weight excluding hydrogens is 767 g/mol. The molecule has 0 bridgehead atoms. The van der Waals surface area contributed by atoms with Crippen LogP contribution in [0.25, 0.3) is 93.0 Å². The molecule has 3 heterocycles. The third kappa shape index (κ3) is 6.06. The van der Waals surface area contributed by atoms with Crippen LogP contribution in [-0.2, 0) is 12.4 Å². The van der Waals surface area contributed by atoms with Crippen molar-refractivity contribution in [2.45, 2.75) is 12.4 Å². The first-order valence-electron chi connectivity index (χ1n) is 18.2. The average molecular weight is 793 g/mol. The molecule has 4 nitrogen and oxygen atoms in total. The highest BCUT2D eigenvalue weighted by Crippen LogP contribution is 2.44. The van der Waals surface area contributed by atoms with Gasteiger partial charge in [-0.25, -0.2) is 15.0 Å². The molecule has 7 aromatic carbocycles. The lowest BCUT2D eigenvalue weighted by Gasteiger charge is -2.17. The smallest absolute Gasteiger partial charge is 0.308 e. The van der Waals surface area contributed by atoms with Gasteiger partial charge in [0.15, 0.2) is 17.5 Å². The molecule has 10 aromatic rings. The van der Waals surface area contributed by atoms with Gasteiger partial charge < -0.3 is 4.57 Å². The molecule has 0 aliphatic rings.